The minimum Gasteiger partial charge on any atom is -0.489 e. The highest BCUT2D eigenvalue weighted by atomic mass is 32.1. The Morgan fingerprint density at radius 1 is 1.35 bits per heavy atom. The van der Waals surface area contributed by atoms with Crippen molar-refractivity contribution >= 4 is 17.2 Å². The van der Waals surface area contributed by atoms with Crippen molar-refractivity contribution in [1.29, 1.82) is 0 Å². The van der Waals surface area contributed by atoms with E-state index in [9.17, 15) is 4.79 Å². The fourth-order valence-electron chi connectivity index (χ4n) is 2.45. The summed E-state index contributed by atoms with van der Waals surface area (Å²) in [6.45, 7) is 3.27. The average Bonchev–Trinajstić information content (AvgIpc) is 2.86. The third-order valence-corrected chi connectivity index (χ3v) is 4.27. The molecule has 0 N–H and O–H groups in total. The lowest BCUT2D eigenvalue weighted by Crippen LogP contribution is -2.36. The van der Waals surface area contributed by atoms with Crippen LogP contribution in [-0.4, -0.2) is 23.5 Å². The Hall–Kier alpha value is -1.81. The average molecular weight is 287 g/mol. The molecule has 0 aliphatic carbocycles. The largest absolute Gasteiger partial charge is 0.489 e. The van der Waals surface area contributed by atoms with Gasteiger partial charge >= 0.3 is 0 Å². The summed E-state index contributed by atoms with van der Waals surface area (Å²) in [5.41, 5.74) is 1.08. The molecular formula is C16H17NO2S. The van der Waals surface area contributed by atoms with Crippen LogP contribution < -0.4 is 4.74 Å². The minimum absolute atomic E-state index is 0.0194. The zero-order chi connectivity index (χ0) is 13.9. The maximum atomic E-state index is 12.5. The number of rotatable bonds is 2. The van der Waals surface area contributed by atoms with E-state index in [4.69, 9.17) is 4.74 Å². The first kappa shape index (κ1) is 13.2. The van der Waals surface area contributed by atoms with Gasteiger partial charge in [-0.15, -0.1) is 11.3 Å². The molecule has 0 saturated heterocycles. The zero-order valence-electron chi connectivity index (χ0n) is 11.4. The van der Waals surface area contributed by atoms with Crippen LogP contribution in [0.3, 0.4) is 0 Å². The Balaban J connectivity index is 1.78. The number of ether oxygens (including phenoxy) is 1. The van der Waals surface area contributed by atoms with E-state index < -0.39 is 0 Å². The van der Waals surface area contributed by atoms with Gasteiger partial charge in [0.15, 0.2) is 0 Å². The van der Waals surface area contributed by atoms with Gasteiger partial charge in [0.2, 0.25) is 5.91 Å². The van der Waals surface area contributed by atoms with E-state index in [2.05, 4.69) is 0 Å². The van der Waals surface area contributed by atoms with Gasteiger partial charge in [-0.05, 0) is 24.4 Å². The van der Waals surface area contributed by atoms with Crippen LogP contribution in [0.25, 0.3) is 0 Å². The summed E-state index contributed by atoms with van der Waals surface area (Å²) < 4.78 is 5.88. The molecule has 1 unspecified atom stereocenters. The van der Waals surface area contributed by atoms with E-state index in [1.807, 2.05) is 53.6 Å². The van der Waals surface area contributed by atoms with Gasteiger partial charge in [-0.3, -0.25) is 4.79 Å². The topological polar surface area (TPSA) is 29.5 Å². The molecule has 1 aliphatic heterocycles. The highest BCUT2D eigenvalue weighted by Crippen LogP contribution is 2.25. The second-order valence-electron chi connectivity index (χ2n) is 5.07. The number of carbonyl (C=O) groups excluding carboxylic acids is 1. The molecule has 1 aliphatic rings. The molecule has 1 amide bonds. The smallest absolute Gasteiger partial charge is 0.228 e. The van der Waals surface area contributed by atoms with Crippen LogP contribution in [0.4, 0.5) is 0 Å². The molecule has 4 heteroatoms. The van der Waals surface area contributed by atoms with Crippen LogP contribution in [0.15, 0.2) is 41.8 Å². The van der Waals surface area contributed by atoms with Gasteiger partial charge in [0.25, 0.3) is 0 Å². The molecule has 0 bridgehead atoms. The van der Waals surface area contributed by atoms with Gasteiger partial charge in [0.05, 0.1) is 13.0 Å². The number of para-hydroxylation sites is 1. The number of hydrogen-bond acceptors (Lipinski definition) is 3. The summed E-state index contributed by atoms with van der Waals surface area (Å²) in [6, 6.07) is 11.9. The second kappa shape index (κ2) is 5.67. The Labute approximate surface area is 122 Å². The minimum atomic E-state index is 0.0194. The summed E-state index contributed by atoms with van der Waals surface area (Å²) in [4.78, 5) is 15.5. The lowest BCUT2D eigenvalue weighted by Gasteiger charge is -2.22. The van der Waals surface area contributed by atoms with Crippen LogP contribution in [-0.2, 0) is 17.8 Å². The van der Waals surface area contributed by atoms with E-state index in [0.29, 0.717) is 19.5 Å². The van der Waals surface area contributed by atoms with Crippen LogP contribution in [0.2, 0.25) is 0 Å². The van der Waals surface area contributed by atoms with Crippen LogP contribution in [0, 0.1) is 0 Å². The fourth-order valence-corrected chi connectivity index (χ4v) is 3.14. The first-order valence-corrected chi connectivity index (χ1v) is 7.65. The second-order valence-corrected chi connectivity index (χ2v) is 6.10. The summed E-state index contributed by atoms with van der Waals surface area (Å²) >= 11 is 1.63. The molecule has 0 radical (unpaired) electrons. The van der Waals surface area contributed by atoms with Crippen LogP contribution in [0.1, 0.15) is 17.4 Å². The Kier molecular flexibility index (Phi) is 3.74. The molecule has 3 nitrogen and oxygen atoms in total. The van der Waals surface area contributed by atoms with Crippen molar-refractivity contribution < 1.29 is 9.53 Å². The Bertz CT molecular complexity index is 594. The van der Waals surface area contributed by atoms with E-state index in [-0.39, 0.29) is 12.0 Å². The molecule has 2 aromatic rings. The van der Waals surface area contributed by atoms with Gasteiger partial charge in [-0.2, -0.15) is 0 Å². The monoisotopic (exact) mass is 287 g/mol. The molecule has 0 saturated carbocycles. The van der Waals surface area contributed by atoms with Crippen molar-refractivity contribution in [1.82, 2.24) is 4.90 Å². The quantitative estimate of drug-likeness (QED) is 0.849. The van der Waals surface area contributed by atoms with E-state index in [1.54, 1.807) is 11.3 Å². The van der Waals surface area contributed by atoms with Crippen molar-refractivity contribution in [2.24, 2.45) is 0 Å². The standard InChI is InChI=1S/C16H17NO2S/c1-12-10-17(16(18)9-14-6-4-8-20-14)11-13-5-2-3-7-15(13)19-12/h2-8,12H,9-11H2,1H3. The van der Waals surface area contributed by atoms with Gasteiger partial charge in [0, 0.05) is 17.0 Å². The van der Waals surface area contributed by atoms with Gasteiger partial charge in [0.1, 0.15) is 11.9 Å². The Morgan fingerprint density at radius 2 is 2.20 bits per heavy atom. The first-order chi connectivity index (χ1) is 9.72. The molecule has 1 aromatic heterocycles. The van der Waals surface area contributed by atoms with E-state index >= 15 is 0 Å². The molecule has 104 valence electrons. The summed E-state index contributed by atoms with van der Waals surface area (Å²) in [7, 11) is 0. The number of fused-ring (bicyclic) bond motifs is 1. The third kappa shape index (κ3) is 2.85. The molecular weight excluding hydrogens is 270 g/mol. The number of benzene rings is 1. The van der Waals surface area contributed by atoms with Gasteiger partial charge < -0.3 is 9.64 Å². The van der Waals surface area contributed by atoms with Crippen molar-refractivity contribution in [2.45, 2.75) is 26.0 Å². The molecule has 20 heavy (non-hydrogen) atoms. The molecule has 3 rings (SSSR count). The van der Waals surface area contributed by atoms with Gasteiger partial charge in [-0.25, -0.2) is 0 Å². The normalized spacial score (nSPS) is 18.1. The van der Waals surface area contributed by atoms with Crippen molar-refractivity contribution in [3.8, 4) is 5.75 Å². The van der Waals surface area contributed by atoms with Crippen LogP contribution in [0.5, 0.6) is 5.75 Å². The number of nitrogens with zero attached hydrogens (tertiary/aromatic N) is 1. The van der Waals surface area contributed by atoms with Crippen LogP contribution >= 0.6 is 11.3 Å². The maximum Gasteiger partial charge on any atom is 0.228 e. The lowest BCUT2D eigenvalue weighted by atomic mass is 10.2. The molecule has 0 spiro atoms. The van der Waals surface area contributed by atoms with E-state index in [0.717, 1.165) is 16.2 Å². The number of carbonyl (C=O) groups is 1. The fraction of sp³-hybridized carbons (Fsp3) is 0.312. The third-order valence-electron chi connectivity index (χ3n) is 3.40. The zero-order valence-corrected chi connectivity index (χ0v) is 12.2. The first-order valence-electron chi connectivity index (χ1n) is 6.77. The predicted octanol–water partition coefficient (Wildman–Crippen LogP) is 3.10. The van der Waals surface area contributed by atoms with Crippen molar-refractivity contribution in [2.75, 3.05) is 6.54 Å². The van der Waals surface area contributed by atoms with Crippen molar-refractivity contribution in [3.63, 3.8) is 0 Å². The molecule has 1 atom stereocenters. The Morgan fingerprint density at radius 3 is 3.00 bits per heavy atom. The number of hydrogen-bond donors (Lipinski definition) is 0. The molecule has 1 aromatic carbocycles. The van der Waals surface area contributed by atoms with Gasteiger partial charge in [-0.1, -0.05) is 24.3 Å². The summed E-state index contributed by atoms with van der Waals surface area (Å²) in [5.74, 6) is 1.06. The number of amides is 1. The van der Waals surface area contributed by atoms with E-state index in [1.165, 1.54) is 0 Å². The summed E-state index contributed by atoms with van der Waals surface area (Å²) in [5, 5.41) is 2.01. The lowest BCUT2D eigenvalue weighted by molar-refractivity contribution is -0.131. The highest BCUT2D eigenvalue weighted by molar-refractivity contribution is 7.10. The SMILES string of the molecule is CC1CN(C(=O)Cc2cccs2)Cc2ccccc2O1. The highest BCUT2D eigenvalue weighted by Gasteiger charge is 2.23. The predicted molar refractivity (Wildman–Crippen MR) is 80.0 cm³/mol. The molecule has 0 fully saturated rings. The van der Waals surface area contributed by atoms with Crippen molar-refractivity contribution in [3.05, 3.63) is 52.2 Å². The number of thiophene rings is 1. The molecule has 2 heterocycles. The maximum absolute atomic E-state index is 12.5. The summed E-state index contributed by atoms with van der Waals surface area (Å²) in [6.07, 6.45) is 0.498.